The minimum absolute atomic E-state index is 0.0549. The van der Waals surface area contributed by atoms with Gasteiger partial charge in [-0.2, -0.15) is 0 Å². The third-order valence-corrected chi connectivity index (χ3v) is 5.41. The molecule has 2 aromatic heterocycles. The summed E-state index contributed by atoms with van der Waals surface area (Å²) in [5.74, 6) is 0.0549. The molecule has 0 bridgehead atoms. The van der Waals surface area contributed by atoms with Crippen molar-refractivity contribution in [3.05, 3.63) is 58.9 Å². The zero-order chi connectivity index (χ0) is 15.8. The highest BCUT2D eigenvalue weighted by molar-refractivity contribution is 7.18. The van der Waals surface area contributed by atoms with Gasteiger partial charge in [0.25, 0.3) is 5.91 Å². The maximum Gasteiger partial charge on any atom is 0.256 e. The molecule has 0 saturated carbocycles. The summed E-state index contributed by atoms with van der Waals surface area (Å²) in [5, 5.41) is 1.04. The van der Waals surface area contributed by atoms with Gasteiger partial charge in [0.15, 0.2) is 0 Å². The van der Waals surface area contributed by atoms with Gasteiger partial charge >= 0.3 is 0 Å². The van der Waals surface area contributed by atoms with Crippen molar-refractivity contribution >= 4 is 27.5 Å². The number of likely N-dealkylation sites (tertiary alicyclic amines) is 1. The number of fused-ring (bicyclic) bond motifs is 1. The lowest BCUT2D eigenvalue weighted by atomic mass is 10.2. The Balaban J connectivity index is 1.65. The van der Waals surface area contributed by atoms with Crippen LogP contribution in [0.1, 0.15) is 39.9 Å². The van der Waals surface area contributed by atoms with Crippen LogP contribution in [0.15, 0.2) is 42.6 Å². The van der Waals surface area contributed by atoms with Crippen LogP contribution in [0, 0.1) is 6.92 Å². The summed E-state index contributed by atoms with van der Waals surface area (Å²) in [6, 6.07) is 12.0. The van der Waals surface area contributed by atoms with Gasteiger partial charge < -0.3 is 4.90 Å². The first kappa shape index (κ1) is 14.3. The smallest absolute Gasteiger partial charge is 0.256 e. The van der Waals surface area contributed by atoms with Crippen LogP contribution in [0.2, 0.25) is 0 Å². The lowest BCUT2D eigenvalue weighted by molar-refractivity contribution is 0.0735. The molecule has 1 atom stereocenters. The van der Waals surface area contributed by atoms with Crippen LogP contribution in [0.3, 0.4) is 0 Å². The van der Waals surface area contributed by atoms with Gasteiger partial charge in [-0.05, 0) is 44.0 Å². The van der Waals surface area contributed by atoms with Crippen LogP contribution in [0.25, 0.3) is 10.2 Å². The Labute approximate surface area is 138 Å². The highest BCUT2D eigenvalue weighted by Gasteiger charge is 2.32. The Kier molecular flexibility index (Phi) is 3.58. The summed E-state index contributed by atoms with van der Waals surface area (Å²) >= 11 is 1.69. The van der Waals surface area contributed by atoms with Crippen molar-refractivity contribution < 1.29 is 4.79 Å². The van der Waals surface area contributed by atoms with Gasteiger partial charge in [-0.25, -0.2) is 4.98 Å². The number of nitrogens with zero attached hydrogens (tertiary/aromatic N) is 3. The summed E-state index contributed by atoms with van der Waals surface area (Å²) < 4.78 is 1.18. The molecular weight excluding hydrogens is 306 g/mol. The number of thiazole rings is 1. The first-order chi connectivity index (χ1) is 11.2. The number of hydrogen-bond donors (Lipinski definition) is 0. The topological polar surface area (TPSA) is 46.1 Å². The number of aromatic nitrogens is 2. The molecule has 3 aromatic rings. The fraction of sp³-hybridized carbons (Fsp3) is 0.278. The van der Waals surface area contributed by atoms with Gasteiger partial charge in [0.05, 0.1) is 21.8 Å². The second-order valence-corrected chi connectivity index (χ2v) is 6.93. The predicted octanol–water partition coefficient (Wildman–Crippen LogP) is 3.98. The molecule has 0 spiro atoms. The molecule has 1 aliphatic heterocycles. The van der Waals surface area contributed by atoms with E-state index in [4.69, 9.17) is 4.98 Å². The van der Waals surface area contributed by atoms with Crippen LogP contribution in [0.4, 0.5) is 0 Å². The van der Waals surface area contributed by atoms with E-state index in [-0.39, 0.29) is 11.9 Å². The Morgan fingerprint density at radius 2 is 2.13 bits per heavy atom. The van der Waals surface area contributed by atoms with Crippen molar-refractivity contribution in [3.63, 3.8) is 0 Å². The van der Waals surface area contributed by atoms with Crippen molar-refractivity contribution in [1.82, 2.24) is 14.9 Å². The molecule has 116 valence electrons. The predicted molar refractivity (Wildman–Crippen MR) is 91.6 cm³/mol. The summed E-state index contributed by atoms with van der Waals surface area (Å²) in [6.07, 6.45) is 3.67. The highest BCUT2D eigenvalue weighted by Crippen LogP contribution is 2.37. The largest absolute Gasteiger partial charge is 0.329 e. The van der Waals surface area contributed by atoms with E-state index >= 15 is 0 Å². The number of aryl methyl sites for hydroxylation is 1. The molecule has 0 radical (unpaired) electrons. The van der Waals surface area contributed by atoms with Gasteiger partial charge in [0.1, 0.15) is 5.01 Å². The molecule has 23 heavy (non-hydrogen) atoms. The van der Waals surface area contributed by atoms with Gasteiger partial charge in [-0.15, -0.1) is 11.3 Å². The Morgan fingerprint density at radius 1 is 1.26 bits per heavy atom. The second-order valence-electron chi connectivity index (χ2n) is 5.86. The Bertz CT molecular complexity index is 823. The van der Waals surface area contributed by atoms with Crippen molar-refractivity contribution in [1.29, 1.82) is 0 Å². The zero-order valence-corrected chi connectivity index (χ0v) is 13.7. The lowest BCUT2D eigenvalue weighted by Crippen LogP contribution is -2.30. The van der Waals surface area contributed by atoms with Crippen molar-refractivity contribution in [2.24, 2.45) is 0 Å². The molecule has 0 N–H and O–H groups in total. The van der Waals surface area contributed by atoms with Crippen molar-refractivity contribution in [2.75, 3.05) is 6.54 Å². The molecule has 3 heterocycles. The molecule has 4 nitrogen and oxygen atoms in total. The van der Waals surface area contributed by atoms with Gasteiger partial charge in [-0.3, -0.25) is 9.78 Å². The van der Waals surface area contributed by atoms with E-state index in [0.29, 0.717) is 5.56 Å². The fourth-order valence-corrected chi connectivity index (χ4v) is 4.17. The third kappa shape index (κ3) is 2.61. The van der Waals surface area contributed by atoms with Crippen LogP contribution in [0.5, 0.6) is 0 Å². The SMILES string of the molecule is Cc1ccc(C(=O)N2CCC[C@@H]2c2nc3ccccc3s2)cn1. The molecule has 5 heteroatoms. The number of amides is 1. The quantitative estimate of drug-likeness (QED) is 0.716. The standard InChI is InChI=1S/C18H17N3OS/c1-12-8-9-13(11-19-12)18(22)21-10-4-6-15(21)17-20-14-5-2-3-7-16(14)23-17/h2-3,5,7-9,11,15H,4,6,10H2,1H3/t15-/m1/s1. The number of para-hydroxylation sites is 1. The van der Waals surface area contributed by atoms with E-state index in [1.807, 2.05) is 42.2 Å². The molecule has 0 unspecified atom stereocenters. The average Bonchev–Trinajstić information content (AvgIpc) is 3.21. The molecule has 1 saturated heterocycles. The van der Waals surface area contributed by atoms with E-state index in [1.165, 1.54) is 4.70 Å². The molecule has 1 aliphatic rings. The van der Waals surface area contributed by atoms with Crippen LogP contribution >= 0.6 is 11.3 Å². The third-order valence-electron chi connectivity index (χ3n) is 4.27. The number of benzene rings is 1. The van der Waals surface area contributed by atoms with Crippen LogP contribution in [-0.2, 0) is 0 Å². The van der Waals surface area contributed by atoms with Gasteiger partial charge in [-0.1, -0.05) is 12.1 Å². The lowest BCUT2D eigenvalue weighted by Gasteiger charge is -2.23. The fourth-order valence-electron chi connectivity index (χ4n) is 3.06. The number of hydrogen-bond acceptors (Lipinski definition) is 4. The van der Waals surface area contributed by atoms with E-state index in [0.717, 1.165) is 35.6 Å². The van der Waals surface area contributed by atoms with E-state index in [1.54, 1.807) is 17.5 Å². The van der Waals surface area contributed by atoms with Crippen molar-refractivity contribution in [2.45, 2.75) is 25.8 Å². The normalized spacial score (nSPS) is 17.8. The highest BCUT2D eigenvalue weighted by atomic mass is 32.1. The molecular formula is C18H17N3OS. The van der Waals surface area contributed by atoms with E-state index in [9.17, 15) is 4.79 Å². The molecule has 1 fully saturated rings. The maximum atomic E-state index is 12.8. The Morgan fingerprint density at radius 3 is 2.91 bits per heavy atom. The molecule has 0 aliphatic carbocycles. The monoisotopic (exact) mass is 323 g/mol. The van der Waals surface area contributed by atoms with Crippen LogP contribution in [-0.4, -0.2) is 27.3 Å². The first-order valence-electron chi connectivity index (χ1n) is 7.81. The number of pyridine rings is 1. The summed E-state index contributed by atoms with van der Waals surface area (Å²) in [7, 11) is 0. The minimum atomic E-state index is 0.0549. The summed E-state index contributed by atoms with van der Waals surface area (Å²) in [5.41, 5.74) is 2.60. The summed E-state index contributed by atoms with van der Waals surface area (Å²) in [6.45, 7) is 2.71. The maximum absolute atomic E-state index is 12.8. The number of rotatable bonds is 2. The van der Waals surface area contributed by atoms with Crippen molar-refractivity contribution in [3.8, 4) is 0 Å². The molecule has 1 amide bonds. The van der Waals surface area contributed by atoms with E-state index in [2.05, 4.69) is 11.1 Å². The van der Waals surface area contributed by atoms with Gasteiger partial charge in [0.2, 0.25) is 0 Å². The van der Waals surface area contributed by atoms with Crippen LogP contribution < -0.4 is 0 Å². The molecule has 1 aromatic carbocycles. The van der Waals surface area contributed by atoms with E-state index < -0.39 is 0 Å². The second kappa shape index (κ2) is 5.74. The molecule has 4 rings (SSSR count). The minimum Gasteiger partial charge on any atom is -0.329 e. The zero-order valence-electron chi connectivity index (χ0n) is 12.9. The number of carbonyl (C=O) groups is 1. The van der Waals surface area contributed by atoms with Gasteiger partial charge in [0, 0.05) is 18.4 Å². The number of carbonyl (C=O) groups excluding carboxylic acids is 1. The Hall–Kier alpha value is -2.27. The first-order valence-corrected chi connectivity index (χ1v) is 8.63. The summed E-state index contributed by atoms with van der Waals surface area (Å²) in [4.78, 5) is 23.8. The average molecular weight is 323 g/mol.